The van der Waals surface area contributed by atoms with E-state index >= 15 is 0 Å². The zero-order chi connectivity index (χ0) is 12.2. The van der Waals surface area contributed by atoms with Gasteiger partial charge in [0.25, 0.3) is 16.0 Å². The fraction of sp³-hybridized carbons (Fsp3) is 0.333. The van der Waals surface area contributed by atoms with Crippen LogP contribution in [0.5, 0.6) is 0 Å². The van der Waals surface area contributed by atoms with Crippen molar-refractivity contribution in [3.8, 4) is 0 Å². The first-order chi connectivity index (χ1) is 7.38. The molecule has 0 aliphatic heterocycles. The van der Waals surface area contributed by atoms with E-state index < -0.39 is 16.0 Å². The van der Waals surface area contributed by atoms with E-state index in [1.54, 1.807) is 22.9 Å². The van der Waals surface area contributed by atoms with Crippen LogP contribution < -0.4 is 10.3 Å². The molecule has 0 unspecified atom stereocenters. The number of rotatable bonds is 5. The number of aryl methyl sites for hydroxylation is 1. The molecule has 1 aromatic heterocycles. The summed E-state index contributed by atoms with van der Waals surface area (Å²) in [4.78, 5) is 10.9. The molecule has 3 N–H and O–H groups in total. The first-order valence-corrected chi connectivity index (χ1v) is 6.23. The van der Waals surface area contributed by atoms with Crippen LogP contribution in [-0.4, -0.2) is 24.6 Å². The van der Waals surface area contributed by atoms with E-state index in [-0.39, 0.29) is 12.2 Å². The Balaban J connectivity index is 2.61. The number of hydrogen-bond acceptors (Lipinski definition) is 3. The molecule has 0 radical (unpaired) electrons. The maximum atomic E-state index is 10.9. The predicted molar refractivity (Wildman–Crippen MR) is 56.2 cm³/mol. The Morgan fingerprint density at radius 2 is 2.19 bits per heavy atom. The Morgan fingerprint density at radius 1 is 1.50 bits per heavy atom. The van der Waals surface area contributed by atoms with Crippen LogP contribution in [0, 0.1) is 0 Å². The lowest BCUT2D eigenvalue weighted by Crippen LogP contribution is -2.35. The number of amides is 1. The average Bonchev–Trinajstić information content (AvgIpc) is 2.16. The van der Waals surface area contributed by atoms with Gasteiger partial charge in [-0.15, -0.1) is 0 Å². The van der Waals surface area contributed by atoms with Gasteiger partial charge in [-0.2, -0.15) is 8.42 Å². The third kappa shape index (κ3) is 4.37. The van der Waals surface area contributed by atoms with Crippen molar-refractivity contribution < 1.29 is 22.3 Å². The predicted octanol–water partition coefficient (Wildman–Crippen LogP) is -0.649. The summed E-state index contributed by atoms with van der Waals surface area (Å²) in [7, 11) is -3.93. The van der Waals surface area contributed by atoms with Crippen LogP contribution in [-0.2, 0) is 16.7 Å². The number of carbonyl (C=O) groups excluding carboxylic acids is 1. The second-order valence-corrected chi connectivity index (χ2v) is 4.91. The molecule has 0 atom stereocenters. The van der Waals surface area contributed by atoms with Crippen LogP contribution in [0.4, 0.5) is 0 Å². The van der Waals surface area contributed by atoms with Crippen molar-refractivity contribution >= 4 is 16.0 Å². The SMILES string of the molecule is NC(=O)c1ccc[n+](CCCS(=O)(=O)O)c1. The van der Waals surface area contributed by atoms with Crippen molar-refractivity contribution in [2.45, 2.75) is 13.0 Å². The van der Waals surface area contributed by atoms with Gasteiger partial charge < -0.3 is 5.73 Å². The van der Waals surface area contributed by atoms with Crippen molar-refractivity contribution in [2.24, 2.45) is 5.73 Å². The normalized spacial score (nSPS) is 11.3. The minimum absolute atomic E-state index is 0.270. The number of primary amides is 1. The van der Waals surface area contributed by atoms with E-state index in [9.17, 15) is 13.2 Å². The smallest absolute Gasteiger partial charge is 0.265 e. The molecular formula is C9H13N2O4S+. The minimum Gasteiger partial charge on any atom is -0.365 e. The Morgan fingerprint density at radius 3 is 2.75 bits per heavy atom. The Kier molecular flexibility index (Phi) is 3.97. The van der Waals surface area contributed by atoms with E-state index in [1.165, 1.54) is 6.20 Å². The maximum Gasteiger partial charge on any atom is 0.265 e. The summed E-state index contributed by atoms with van der Waals surface area (Å²) in [5, 5.41) is 0. The largest absolute Gasteiger partial charge is 0.365 e. The molecule has 1 heterocycles. The molecule has 88 valence electrons. The number of pyridine rings is 1. The highest BCUT2D eigenvalue weighted by Gasteiger charge is 2.09. The van der Waals surface area contributed by atoms with Gasteiger partial charge in [0.05, 0.1) is 5.75 Å². The Hall–Kier alpha value is -1.47. The molecule has 1 rings (SSSR count). The molecule has 0 fully saturated rings. The van der Waals surface area contributed by atoms with Crippen molar-refractivity contribution in [1.82, 2.24) is 0 Å². The van der Waals surface area contributed by atoms with E-state index in [0.29, 0.717) is 12.1 Å². The highest BCUT2D eigenvalue weighted by molar-refractivity contribution is 7.85. The lowest BCUT2D eigenvalue weighted by molar-refractivity contribution is -0.696. The van der Waals surface area contributed by atoms with Gasteiger partial charge in [0.2, 0.25) is 0 Å². The molecular weight excluding hydrogens is 232 g/mol. The lowest BCUT2D eigenvalue weighted by atomic mass is 10.3. The number of nitrogens with two attached hydrogens (primary N) is 1. The summed E-state index contributed by atoms with van der Waals surface area (Å²) in [6, 6.07) is 3.22. The van der Waals surface area contributed by atoms with Crippen molar-refractivity contribution in [3.05, 3.63) is 30.1 Å². The van der Waals surface area contributed by atoms with E-state index in [2.05, 4.69) is 0 Å². The molecule has 1 amide bonds. The summed E-state index contributed by atoms with van der Waals surface area (Å²) in [5.74, 6) is -0.843. The van der Waals surface area contributed by atoms with Gasteiger partial charge in [-0.05, 0) is 6.07 Å². The first-order valence-electron chi connectivity index (χ1n) is 4.62. The molecule has 0 saturated heterocycles. The second kappa shape index (κ2) is 5.04. The van der Waals surface area contributed by atoms with Crippen LogP contribution in [0.3, 0.4) is 0 Å². The molecule has 0 aliphatic carbocycles. The zero-order valence-corrected chi connectivity index (χ0v) is 9.35. The molecule has 6 nitrogen and oxygen atoms in total. The summed E-state index contributed by atoms with van der Waals surface area (Å²) in [5.41, 5.74) is 5.45. The summed E-state index contributed by atoms with van der Waals surface area (Å²) in [6.45, 7) is 0.390. The Bertz CT molecular complexity index is 484. The van der Waals surface area contributed by atoms with E-state index in [1.807, 2.05) is 0 Å². The van der Waals surface area contributed by atoms with Crippen LogP contribution in [0.15, 0.2) is 24.5 Å². The highest BCUT2D eigenvalue weighted by atomic mass is 32.2. The molecule has 0 aliphatic rings. The van der Waals surface area contributed by atoms with Gasteiger partial charge in [-0.25, -0.2) is 4.57 Å². The maximum absolute atomic E-state index is 10.9. The van der Waals surface area contributed by atoms with Crippen LogP contribution in [0.2, 0.25) is 0 Å². The molecule has 0 spiro atoms. The Labute approximate surface area is 93.5 Å². The fourth-order valence-corrected chi connectivity index (χ4v) is 1.73. The topological polar surface area (TPSA) is 101 Å². The molecule has 0 aromatic carbocycles. The first kappa shape index (κ1) is 12.6. The average molecular weight is 245 g/mol. The van der Waals surface area contributed by atoms with Gasteiger partial charge in [0, 0.05) is 12.5 Å². The molecule has 0 saturated carbocycles. The van der Waals surface area contributed by atoms with E-state index in [4.69, 9.17) is 10.3 Å². The second-order valence-electron chi connectivity index (χ2n) is 3.33. The van der Waals surface area contributed by atoms with Gasteiger partial charge in [0.15, 0.2) is 12.4 Å². The van der Waals surface area contributed by atoms with Crippen molar-refractivity contribution in [2.75, 3.05) is 5.75 Å². The third-order valence-corrected chi connectivity index (χ3v) is 2.77. The zero-order valence-electron chi connectivity index (χ0n) is 8.54. The minimum atomic E-state index is -3.93. The third-order valence-electron chi connectivity index (χ3n) is 1.96. The van der Waals surface area contributed by atoms with Crippen LogP contribution in [0.25, 0.3) is 0 Å². The molecule has 1 aromatic rings. The molecule has 7 heteroatoms. The van der Waals surface area contributed by atoms with Gasteiger partial charge >= 0.3 is 0 Å². The van der Waals surface area contributed by atoms with Gasteiger partial charge in [-0.1, -0.05) is 0 Å². The summed E-state index contributed by atoms with van der Waals surface area (Å²) in [6.07, 6.45) is 3.49. The van der Waals surface area contributed by atoms with Crippen LogP contribution >= 0.6 is 0 Å². The molecule has 16 heavy (non-hydrogen) atoms. The van der Waals surface area contributed by atoms with Crippen molar-refractivity contribution in [1.29, 1.82) is 0 Å². The number of nitrogens with zero attached hydrogens (tertiary/aromatic N) is 1. The van der Waals surface area contributed by atoms with E-state index in [0.717, 1.165) is 0 Å². The van der Waals surface area contributed by atoms with Crippen LogP contribution in [0.1, 0.15) is 16.8 Å². The monoisotopic (exact) mass is 245 g/mol. The molecule has 0 bridgehead atoms. The standard InChI is InChI=1S/C9H12N2O4S/c10-9(12)8-3-1-4-11(7-8)5-2-6-16(13,14)15/h1,3-4,7H,2,5-6H2,(H2-,10,12,13,14,15)/p+1. The quantitative estimate of drug-likeness (QED) is 0.531. The fourth-order valence-electron chi connectivity index (χ4n) is 1.24. The summed E-state index contributed by atoms with van der Waals surface area (Å²) >= 11 is 0. The summed E-state index contributed by atoms with van der Waals surface area (Å²) < 4.78 is 31.1. The van der Waals surface area contributed by atoms with Crippen molar-refractivity contribution in [3.63, 3.8) is 0 Å². The number of aromatic nitrogens is 1. The van der Waals surface area contributed by atoms with Gasteiger partial charge in [0.1, 0.15) is 12.1 Å². The number of carbonyl (C=O) groups is 1. The number of hydrogen-bond donors (Lipinski definition) is 2. The highest BCUT2D eigenvalue weighted by Crippen LogP contribution is 1.93. The van der Waals surface area contributed by atoms with Gasteiger partial charge in [-0.3, -0.25) is 9.35 Å². The lowest BCUT2D eigenvalue weighted by Gasteiger charge is -1.97.